The van der Waals surface area contributed by atoms with Crippen molar-refractivity contribution in [2.75, 3.05) is 11.9 Å². The summed E-state index contributed by atoms with van der Waals surface area (Å²) in [6.07, 6.45) is 8.46. The van der Waals surface area contributed by atoms with E-state index in [1.54, 1.807) is 0 Å². The zero-order chi connectivity index (χ0) is 19.1. The summed E-state index contributed by atoms with van der Waals surface area (Å²) in [4.78, 5) is 27.9. The van der Waals surface area contributed by atoms with Crippen molar-refractivity contribution in [3.63, 3.8) is 0 Å². The SMILES string of the molecule is CC(=O)Nc1cccc(-c2nc(CC(=O)NCCC3=CCCCC3)cs2)c1. The molecule has 1 aromatic heterocycles. The van der Waals surface area contributed by atoms with Crippen molar-refractivity contribution >= 4 is 28.8 Å². The van der Waals surface area contributed by atoms with Crippen molar-refractivity contribution in [1.29, 1.82) is 0 Å². The number of rotatable bonds is 7. The summed E-state index contributed by atoms with van der Waals surface area (Å²) in [7, 11) is 0. The highest BCUT2D eigenvalue weighted by molar-refractivity contribution is 7.13. The van der Waals surface area contributed by atoms with E-state index < -0.39 is 0 Å². The van der Waals surface area contributed by atoms with Gasteiger partial charge in [0.05, 0.1) is 12.1 Å². The Bertz CT molecular complexity index is 841. The van der Waals surface area contributed by atoms with E-state index in [1.165, 1.54) is 49.5 Å². The maximum absolute atomic E-state index is 12.2. The van der Waals surface area contributed by atoms with Crippen LogP contribution in [0.25, 0.3) is 10.6 Å². The molecule has 5 nitrogen and oxygen atoms in total. The number of carbonyl (C=O) groups is 2. The first-order valence-corrected chi connectivity index (χ1v) is 10.2. The molecule has 142 valence electrons. The van der Waals surface area contributed by atoms with E-state index >= 15 is 0 Å². The Labute approximate surface area is 163 Å². The molecule has 1 aromatic carbocycles. The molecule has 2 amide bonds. The minimum absolute atomic E-state index is 0.00950. The van der Waals surface area contributed by atoms with E-state index in [1.807, 2.05) is 29.6 Å². The van der Waals surface area contributed by atoms with Gasteiger partial charge in [0, 0.05) is 30.1 Å². The molecule has 27 heavy (non-hydrogen) atoms. The Kier molecular flexibility index (Phi) is 6.76. The number of anilines is 1. The second-order valence-electron chi connectivity index (χ2n) is 6.79. The Morgan fingerprint density at radius 3 is 2.93 bits per heavy atom. The molecular weight excluding hydrogens is 358 g/mol. The maximum Gasteiger partial charge on any atom is 0.226 e. The molecule has 0 saturated carbocycles. The first-order chi connectivity index (χ1) is 13.1. The molecule has 0 spiro atoms. The van der Waals surface area contributed by atoms with Gasteiger partial charge in [-0.1, -0.05) is 23.8 Å². The standard InChI is InChI=1S/C21H25N3O2S/c1-15(25)23-18-9-5-8-17(12-18)21-24-19(14-27-21)13-20(26)22-11-10-16-6-3-2-4-7-16/h5-6,8-9,12,14H,2-4,7,10-11,13H2,1H3,(H,22,26)(H,23,25). The van der Waals surface area contributed by atoms with Gasteiger partial charge in [-0.2, -0.15) is 0 Å². The first kappa shape index (κ1) is 19.3. The molecule has 6 heteroatoms. The van der Waals surface area contributed by atoms with Crippen molar-refractivity contribution in [2.45, 2.75) is 45.4 Å². The van der Waals surface area contributed by atoms with Gasteiger partial charge in [0.15, 0.2) is 0 Å². The van der Waals surface area contributed by atoms with Crippen LogP contribution in [0, 0.1) is 0 Å². The van der Waals surface area contributed by atoms with Crippen molar-refractivity contribution in [2.24, 2.45) is 0 Å². The van der Waals surface area contributed by atoms with Crippen LogP contribution in [0.5, 0.6) is 0 Å². The van der Waals surface area contributed by atoms with Crippen molar-refractivity contribution < 1.29 is 9.59 Å². The molecular formula is C21H25N3O2S. The van der Waals surface area contributed by atoms with Crippen LogP contribution in [-0.4, -0.2) is 23.3 Å². The van der Waals surface area contributed by atoms with Gasteiger partial charge in [-0.25, -0.2) is 4.98 Å². The summed E-state index contributed by atoms with van der Waals surface area (Å²) in [5.41, 5.74) is 3.92. The van der Waals surface area contributed by atoms with Gasteiger partial charge in [0.2, 0.25) is 11.8 Å². The van der Waals surface area contributed by atoms with Crippen LogP contribution in [0.1, 0.15) is 44.7 Å². The molecule has 3 rings (SSSR count). The first-order valence-electron chi connectivity index (χ1n) is 9.37. The number of hydrogen-bond acceptors (Lipinski definition) is 4. The van der Waals surface area contributed by atoms with Crippen LogP contribution >= 0.6 is 11.3 Å². The third-order valence-electron chi connectivity index (χ3n) is 4.48. The number of carbonyl (C=O) groups excluding carboxylic acids is 2. The highest BCUT2D eigenvalue weighted by Gasteiger charge is 2.10. The fraction of sp³-hybridized carbons (Fsp3) is 0.381. The molecule has 0 aliphatic heterocycles. The average Bonchev–Trinajstić information content (AvgIpc) is 3.11. The number of thiazole rings is 1. The molecule has 1 aliphatic rings. The van der Waals surface area contributed by atoms with Crippen LogP contribution < -0.4 is 10.6 Å². The summed E-state index contributed by atoms with van der Waals surface area (Å²) < 4.78 is 0. The predicted molar refractivity (Wildman–Crippen MR) is 110 cm³/mol. The number of benzene rings is 1. The minimum atomic E-state index is -0.104. The van der Waals surface area contributed by atoms with Gasteiger partial charge in [-0.3, -0.25) is 9.59 Å². The quantitative estimate of drug-likeness (QED) is 0.700. The van der Waals surface area contributed by atoms with Crippen LogP contribution in [0.3, 0.4) is 0 Å². The minimum Gasteiger partial charge on any atom is -0.355 e. The second-order valence-corrected chi connectivity index (χ2v) is 7.65. The molecule has 0 atom stereocenters. The predicted octanol–water partition coefficient (Wildman–Crippen LogP) is 4.32. The van der Waals surface area contributed by atoms with Crippen molar-refractivity contribution in [3.8, 4) is 10.6 Å². The molecule has 0 radical (unpaired) electrons. The smallest absolute Gasteiger partial charge is 0.226 e. The van der Waals surface area contributed by atoms with E-state index in [9.17, 15) is 9.59 Å². The number of nitrogens with zero attached hydrogens (tertiary/aromatic N) is 1. The fourth-order valence-electron chi connectivity index (χ4n) is 3.18. The third kappa shape index (κ3) is 6.03. The maximum atomic E-state index is 12.2. The molecule has 0 bridgehead atoms. The van der Waals surface area contributed by atoms with E-state index in [2.05, 4.69) is 21.7 Å². The van der Waals surface area contributed by atoms with E-state index in [0.29, 0.717) is 13.0 Å². The fourth-order valence-corrected chi connectivity index (χ4v) is 3.99. The summed E-state index contributed by atoms with van der Waals surface area (Å²) in [6.45, 7) is 2.18. The number of nitrogens with one attached hydrogen (secondary N) is 2. The van der Waals surface area contributed by atoms with Gasteiger partial charge in [-0.05, 0) is 44.2 Å². The number of aromatic nitrogens is 1. The molecule has 2 N–H and O–H groups in total. The topological polar surface area (TPSA) is 71.1 Å². The lowest BCUT2D eigenvalue weighted by Crippen LogP contribution is -2.26. The summed E-state index contributed by atoms with van der Waals surface area (Å²) in [6, 6.07) is 7.57. The Hall–Kier alpha value is -2.47. The number of hydrogen-bond donors (Lipinski definition) is 2. The third-order valence-corrected chi connectivity index (χ3v) is 5.42. The van der Waals surface area contributed by atoms with E-state index in [0.717, 1.165) is 28.4 Å². The van der Waals surface area contributed by atoms with Crippen LogP contribution in [0.2, 0.25) is 0 Å². The highest BCUT2D eigenvalue weighted by Crippen LogP contribution is 2.26. The molecule has 1 heterocycles. The van der Waals surface area contributed by atoms with Crippen LogP contribution in [0.4, 0.5) is 5.69 Å². The van der Waals surface area contributed by atoms with Crippen molar-refractivity contribution in [3.05, 3.63) is 47.0 Å². The lowest BCUT2D eigenvalue weighted by molar-refractivity contribution is -0.120. The monoisotopic (exact) mass is 383 g/mol. The highest BCUT2D eigenvalue weighted by atomic mass is 32.1. The van der Waals surface area contributed by atoms with Gasteiger partial charge in [0.25, 0.3) is 0 Å². The van der Waals surface area contributed by atoms with Gasteiger partial charge in [-0.15, -0.1) is 11.3 Å². The van der Waals surface area contributed by atoms with Crippen molar-refractivity contribution in [1.82, 2.24) is 10.3 Å². The van der Waals surface area contributed by atoms with Gasteiger partial charge in [0.1, 0.15) is 5.01 Å². The summed E-state index contributed by atoms with van der Waals surface area (Å²) in [5.74, 6) is -0.0945. The average molecular weight is 384 g/mol. The van der Waals surface area contributed by atoms with Crippen LogP contribution in [0.15, 0.2) is 41.3 Å². The Balaban J connectivity index is 1.52. The molecule has 0 unspecified atom stereocenters. The zero-order valence-electron chi connectivity index (χ0n) is 15.6. The number of amides is 2. The van der Waals surface area contributed by atoms with Gasteiger partial charge < -0.3 is 10.6 Å². The molecule has 0 saturated heterocycles. The van der Waals surface area contributed by atoms with E-state index in [4.69, 9.17) is 0 Å². The lowest BCUT2D eigenvalue weighted by Gasteiger charge is -2.12. The second kappa shape index (κ2) is 9.46. The zero-order valence-corrected chi connectivity index (χ0v) is 16.4. The largest absolute Gasteiger partial charge is 0.355 e. The van der Waals surface area contributed by atoms with E-state index in [-0.39, 0.29) is 11.8 Å². The molecule has 0 fully saturated rings. The molecule has 1 aliphatic carbocycles. The Morgan fingerprint density at radius 1 is 1.26 bits per heavy atom. The Morgan fingerprint density at radius 2 is 2.15 bits per heavy atom. The van der Waals surface area contributed by atoms with Gasteiger partial charge >= 0.3 is 0 Å². The number of allylic oxidation sites excluding steroid dienone is 1. The van der Waals surface area contributed by atoms with Crippen LogP contribution in [-0.2, 0) is 16.0 Å². The molecule has 2 aromatic rings. The normalized spacial score (nSPS) is 13.7. The lowest BCUT2D eigenvalue weighted by atomic mass is 9.97. The summed E-state index contributed by atoms with van der Waals surface area (Å²) >= 11 is 1.51. The summed E-state index contributed by atoms with van der Waals surface area (Å²) in [5, 5.41) is 8.53.